The summed E-state index contributed by atoms with van der Waals surface area (Å²) in [6, 6.07) is 26.7. The van der Waals surface area contributed by atoms with Crippen molar-refractivity contribution >= 4 is 50.7 Å². The van der Waals surface area contributed by atoms with Gasteiger partial charge in [0.1, 0.15) is 11.5 Å². The lowest BCUT2D eigenvalue weighted by atomic mass is 10.1. The van der Waals surface area contributed by atoms with Gasteiger partial charge in [-0.05, 0) is 35.1 Å². The van der Waals surface area contributed by atoms with Crippen LogP contribution in [0.4, 0.5) is 0 Å². The second-order valence-corrected chi connectivity index (χ2v) is 7.49. The van der Waals surface area contributed by atoms with Gasteiger partial charge in [-0.3, -0.25) is 25.8 Å². The standard InChI is InChI=1S/C25H21N3O4S/c29-23(15-31-21-13-5-9-17-7-1-3-11-19(17)21)26-25(33)28-27-24(30)16-32-22-14-6-10-18-8-2-4-12-20(18)22/h1-14H,15-16H2,(H,27,30)(H2,26,28,29,33). The Morgan fingerprint density at radius 1 is 0.636 bits per heavy atom. The van der Waals surface area contributed by atoms with Crippen LogP contribution in [-0.4, -0.2) is 30.1 Å². The van der Waals surface area contributed by atoms with Gasteiger partial charge >= 0.3 is 0 Å². The van der Waals surface area contributed by atoms with Gasteiger partial charge < -0.3 is 9.47 Å². The lowest BCUT2D eigenvalue weighted by Gasteiger charge is -2.13. The summed E-state index contributed by atoms with van der Waals surface area (Å²) in [5.41, 5.74) is 4.87. The van der Waals surface area contributed by atoms with Crippen molar-refractivity contribution in [3.63, 3.8) is 0 Å². The van der Waals surface area contributed by atoms with E-state index >= 15 is 0 Å². The van der Waals surface area contributed by atoms with E-state index in [2.05, 4.69) is 16.2 Å². The summed E-state index contributed by atoms with van der Waals surface area (Å²) in [6.45, 7) is -0.449. The minimum atomic E-state index is -0.457. The number of thiocarbonyl (C=S) groups is 1. The van der Waals surface area contributed by atoms with Crippen LogP contribution in [0.3, 0.4) is 0 Å². The predicted octanol–water partition coefficient (Wildman–Crippen LogP) is 3.47. The topological polar surface area (TPSA) is 88.7 Å². The summed E-state index contributed by atoms with van der Waals surface area (Å²) in [7, 11) is 0. The van der Waals surface area contributed by atoms with Crippen molar-refractivity contribution in [1.29, 1.82) is 0 Å². The van der Waals surface area contributed by atoms with Crippen LogP contribution in [0, 0.1) is 0 Å². The monoisotopic (exact) mass is 459 g/mol. The maximum atomic E-state index is 12.1. The van der Waals surface area contributed by atoms with E-state index in [-0.39, 0.29) is 18.3 Å². The van der Waals surface area contributed by atoms with Crippen LogP contribution >= 0.6 is 12.2 Å². The van der Waals surface area contributed by atoms with Crippen LogP contribution in [0.2, 0.25) is 0 Å². The van der Waals surface area contributed by atoms with E-state index in [4.69, 9.17) is 21.7 Å². The lowest BCUT2D eigenvalue weighted by Crippen LogP contribution is -2.50. The van der Waals surface area contributed by atoms with Crippen LogP contribution in [0.15, 0.2) is 84.9 Å². The highest BCUT2D eigenvalue weighted by Crippen LogP contribution is 2.25. The quantitative estimate of drug-likeness (QED) is 0.302. The molecule has 0 saturated heterocycles. The molecule has 0 unspecified atom stereocenters. The van der Waals surface area contributed by atoms with E-state index in [0.29, 0.717) is 11.5 Å². The molecule has 33 heavy (non-hydrogen) atoms. The third-order valence-electron chi connectivity index (χ3n) is 4.79. The smallest absolute Gasteiger partial charge is 0.276 e. The van der Waals surface area contributed by atoms with E-state index in [1.165, 1.54) is 0 Å². The molecule has 0 aromatic heterocycles. The molecule has 4 aromatic rings. The third kappa shape index (κ3) is 5.75. The van der Waals surface area contributed by atoms with E-state index in [1.54, 1.807) is 12.1 Å². The largest absolute Gasteiger partial charge is 0.483 e. The first kappa shape index (κ1) is 22.0. The molecule has 0 spiro atoms. The summed E-state index contributed by atoms with van der Waals surface area (Å²) in [5.74, 6) is 0.291. The second kappa shape index (κ2) is 10.4. The second-order valence-electron chi connectivity index (χ2n) is 7.08. The van der Waals surface area contributed by atoms with Crippen molar-refractivity contribution in [2.75, 3.05) is 13.2 Å². The molecular formula is C25H21N3O4S. The molecule has 0 aliphatic carbocycles. The van der Waals surface area contributed by atoms with Crippen LogP contribution < -0.4 is 25.6 Å². The average Bonchev–Trinajstić information content (AvgIpc) is 2.85. The Labute approximate surface area is 195 Å². The van der Waals surface area contributed by atoms with Crippen LogP contribution in [0.1, 0.15) is 0 Å². The number of carbonyl (C=O) groups excluding carboxylic acids is 2. The lowest BCUT2D eigenvalue weighted by molar-refractivity contribution is -0.124. The highest BCUT2D eigenvalue weighted by molar-refractivity contribution is 7.80. The number of hydrogen-bond donors (Lipinski definition) is 3. The van der Waals surface area contributed by atoms with Gasteiger partial charge in [-0.2, -0.15) is 0 Å². The van der Waals surface area contributed by atoms with Gasteiger partial charge in [0.05, 0.1) is 0 Å². The first-order chi connectivity index (χ1) is 16.1. The number of nitrogens with one attached hydrogen (secondary N) is 3. The number of fused-ring (bicyclic) bond motifs is 2. The third-order valence-corrected chi connectivity index (χ3v) is 4.99. The maximum absolute atomic E-state index is 12.1. The molecular weight excluding hydrogens is 438 g/mol. The first-order valence-corrected chi connectivity index (χ1v) is 10.6. The van der Waals surface area contributed by atoms with Gasteiger partial charge in [0, 0.05) is 10.8 Å². The Hall–Kier alpha value is -4.17. The fourth-order valence-electron chi connectivity index (χ4n) is 3.29. The number of hydrazine groups is 1. The van der Waals surface area contributed by atoms with Gasteiger partial charge in [-0.25, -0.2) is 0 Å². The fraction of sp³-hybridized carbons (Fsp3) is 0.0800. The summed E-state index contributed by atoms with van der Waals surface area (Å²) >= 11 is 5.04. The minimum Gasteiger partial charge on any atom is -0.483 e. The summed E-state index contributed by atoms with van der Waals surface area (Å²) < 4.78 is 11.2. The molecule has 0 atom stereocenters. The van der Waals surface area contributed by atoms with E-state index in [9.17, 15) is 9.59 Å². The summed E-state index contributed by atoms with van der Waals surface area (Å²) in [5, 5.41) is 6.25. The van der Waals surface area contributed by atoms with E-state index in [1.807, 2.05) is 72.8 Å². The fourth-order valence-corrected chi connectivity index (χ4v) is 3.45. The van der Waals surface area contributed by atoms with Gasteiger partial charge in [-0.1, -0.05) is 72.8 Å². The van der Waals surface area contributed by atoms with Gasteiger partial charge in [-0.15, -0.1) is 0 Å². The number of benzene rings is 4. The van der Waals surface area contributed by atoms with Gasteiger partial charge in [0.25, 0.3) is 11.8 Å². The summed E-state index contributed by atoms with van der Waals surface area (Å²) in [6.07, 6.45) is 0. The Bertz CT molecular complexity index is 1310. The van der Waals surface area contributed by atoms with Gasteiger partial charge in [0.15, 0.2) is 18.3 Å². The molecule has 4 aromatic carbocycles. The van der Waals surface area contributed by atoms with Crippen molar-refractivity contribution in [2.24, 2.45) is 0 Å². The molecule has 0 fully saturated rings. The molecule has 0 aliphatic heterocycles. The zero-order valence-corrected chi connectivity index (χ0v) is 18.4. The zero-order chi connectivity index (χ0) is 23.0. The first-order valence-electron chi connectivity index (χ1n) is 10.2. The summed E-state index contributed by atoms with van der Waals surface area (Å²) in [4.78, 5) is 24.2. The molecule has 0 radical (unpaired) electrons. The van der Waals surface area contributed by atoms with Crippen molar-refractivity contribution in [3.8, 4) is 11.5 Å². The molecule has 2 amide bonds. The minimum absolute atomic E-state index is 0.0555. The number of hydrogen-bond acceptors (Lipinski definition) is 5. The molecule has 0 heterocycles. The molecule has 4 rings (SSSR count). The molecule has 0 bridgehead atoms. The van der Waals surface area contributed by atoms with Crippen LogP contribution in [-0.2, 0) is 9.59 Å². The van der Waals surface area contributed by atoms with Crippen molar-refractivity contribution in [3.05, 3.63) is 84.9 Å². The zero-order valence-electron chi connectivity index (χ0n) is 17.5. The molecule has 3 N–H and O–H groups in total. The van der Waals surface area contributed by atoms with Crippen molar-refractivity contribution in [2.45, 2.75) is 0 Å². The number of carbonyl (C=O) groups is 2. The Kier molecular flexibility index (Phi) is 6.96. The van der Waals surface area contributed by atoms with E-state index in [0.717, 1.165) is 21.5 Å². The highest BCUT2D eigenvalue weighted by atomic mass is 32.1. The highest BCUT2D eigenvalue weighted by Gasteiger charge is 2.10. The van der Waals surface area contributed by atoms with E-state index < -0.39 is 11.8 Å². The Morgan fingerprint density at radius 2 is 1.12 bits per heavy atom. The van der Waals surface area contributed by atoms with Crippen LogP contribution in [0.25, 0.3) is 21.5 Å². The molecule has 0 saturated carbocycles. The Balaban J connectivity index is 1.21. The Morgan fingerprint density at radius 3 is 1.70 bits per heavy atom. The number of ether oxygens (including phenoxy) is 2. The normalized spacial score (nSPS) is 10.4. The number of rotatable bonds is 6. The van der Waals surface area contributed by atoms with Crippen LogP contribution in [0.5, 0.6) is 11.5 Å². The number of amides is 2. The SMILES string of the molecule is O=C(COc1cccc2ccccc12)NNC(=S)NC(=O)COc1cccc2ccccc12. The van der Waals surface area contributed by atoms with Crippen molar-refractivity contribution < 1.29 is 19.1 Å². The van der Waals surface area contributed by atoms with Crippen molar-refractivity contribution in [1.82, 2.24) is 16.2 Å². The molecule has 0 aliphatic rings. The van der Waals surface area contributed by atoms with Gasteiger partial charge in [0.2, 0.25) is 0 Å². The average molecular weight is 460 g/mol. The maximum Gasteiger partial charge on any atom is 0.276 e. The molecule has 166 valence electrons. The predicted molar refractivity (Wildman–Crippen MR) is 131 cm³/mol. The molecule has 8 heteroatoms. The molecule has 7 nitrogen and oxygen atoms in total.